The molecule has 12 heavy (non-hydrogen) atoms. The molecule has 5 nitrogen and oxygen atoms in total. The van der Waals surface area contributed by atoms with Crippen LogP contribution in [0.2, 0.25) is 0 Å². The quantitative estimate of drug-likeness (QED) is 0.194. The van der Waals surface area contributed by atoms with Crippen LogP contribution in [0, 0.1) is 0 Å². The van der Waals surface area contributed by atoms with E-state index in [-0.39, 0.29) is 5.84 Å². The first-order valence-corrected chi connectivity index (χ1v) is 4.06. The molecule has 0 spiro atoms. The van der Waals surface area contributed by atoms with Gasteiger partial charge in [0, 0.05) is 6.54 Å². The molecule has 0 radical (unpaired) electrons. The molecule has 0 aromatic rings. The molecule has 5 N–H and O–H groups in total. The number of oxime groups is 1. The van der Waals surface area contributed by atoms with E-state index >= 15 is 0 Å². The molecule has 0 amide bonds. The number of rotatable bonds is 4. The Bertz CT molecular complexity index is 177. The summed E-state index contributed by atoms with van der Waals surface area (Å²) in [5.74, 6) is 0.137. The second-order valence-electron chi connectivity index (χ2n) is 3.27. The minimum absolute atomic E-state index is 0.137. The minimum atomic E-state index is -0.546. The van der Waals surface area contributed by atoms with Gasteiger partial charge in [0.05, 0.1) is 12.1 Å². The average molecular weight is 173 g/mol. The zero-order chi connectivity index (χ0) is 9.03. The lowest BCUT2D eigenvalue weighted by Crippen LogP contribution is -2.47. The molecular weight excluding hydrogens is 158 g/mol. The average Bonchev–Trinajstić information content (AvgIpc) is 2.01. The number of nitrogens with zero attached hydrogens (tertiary/aromatic N) is 1. The van der Waals surface area contributed by atoms with Gasteiger partial charge in [0.1, 0.15) is 0 Å². The lowest BCUT2D eigenvalue weighted by molar-refractivity contribution is -0.0303. The topological polar surface area (TPSA) is 90.9 Å². The van der Waals surface area contributed by atoms with Crippen LogP contribution in [0.15, 0.2) is 5.16 Å². The second-order valence-corrected chi connectivity index (χ2v) is 3.27. The highest BCUT2D eigenvalue weighted by Gasteiger charge is 2.33. The summed E-state index contributed by atoms with van der Waals surface area (Å²) >= 11 is 0. The highest BCUT2D eigenvalue weighted by molar-refractivity contribution is 5.81. The highest BCUT2D eigenvalue weighted by Crippen LogP contribution is 2.30. The summed E-state index contributed by atoms with van der Waals surface area (Å²) in [6, 6.07) is 0. The van der Waals surface area contributed by atoms with Crippen molar-refractivity contribution >= 4 is 5.84 Å². The number of hydrogen-bond acceptors (Lipinski definition) is 4. The van der Waals surface area contributed by atoms with Crippen LogP contribution in [0.5, 0.6) is 0 Å². The van der Waals surface area contributed by atoms with E-state index in [9.17, 15) is 5.11 Å². The fraction of sp³-hybridized carbons (Fsp3) is 0.857. The van der Waals surface area contributed by atoms with E-state index in [4.69, 9.17) is 10.9 Å². The van der Waals surface area contributed by atoms with Crippen molar-refractivity contribution in [2.24, 2.45) is 10.9 Å². The Morgan fingerprint density at radius 3 is 2.67 bits per heavy atom. The molecule has 0 saturated heterocycles. The van der Waals surface area contributed by atoms with Crippen molar-refractivity contribution in [3.63, 3.8) is 0 Å². The van der Waals surface area contributed by atoms with Crippen molar-refractivity contribution < 1.29 is 10.3 Å². The zero-order valence-electron chi connectivity index (χ0n) is 6.95. The first-order chi connectivity index (χ1) is 5.66. The molecule has 0 aliphatic heterocycles. The molecule has 0 aromatic heterocycles. The minimum Gasteiger partial charge on any atom is -0.409 e. The first kappa shape index (κ1) is 9.28. The first-order valence-electron chi connectivity index (χ1n) is 4.06. The van der Waals surface area contributed by atoms with E-state index in [2.05, 4.69) is 10.5 Å². The Labute approximate surface area is 71.3 Å². The molecule has 1 rings (SSSR count). The Morgan fingerprint density at radius 2 is 2.25 bits per heavy atom. The molecule has 70 valence electrons. The Balaban J connectivity index is 2.09. The SMILES string of the molecule is NC(CNCC1(O)CCC1)=NO. The van der Waals surface area contributed by atoms with Crippen LogP contribution in [0.1, 0.15) is 19.3 Å². The molecule has 1 saturated carbocycles. The second kappa shape index (κ2) is 3.73. The molecule has 1 aliphatic carbocycles. The Hall–Kier alpha value is -0.810. The lowest BCUT2D eigenvalue weighted by Gasteiger charge is -2.36. The van der Waals surface area contributed by atoms with Crippen molar-refractivity contribution in [2.75, 3.05) is 13.1 Å². The highest BCUT2D eigenvalue weighted by atomic mass is 16.4. The van der Waals surface area contributed by atoms with Gasteiger partial charge in [0.15, 0.2) is 5.84 Å². The third-order valence-corrected chi connectivity index (χ3v) is 2.17. The summed E-state index contributed by atoms with van der Waals surface area (Å²) in [7, 11) is 0. The smallest absolute Gasteiger partial charge is 0.153 e. The summed E-state index contributed by atoms with van der Waals surface area (Å²) in [5.41, 5.74) is 4.67. The van der Waals surface area contributed by atoms with Crippen molar-refractivity contribution in [1.29, 1.82) is 0 Å². The van der Waals surface area contributed by atoms with Gasteiger partial charge >= 0.3 is 0 Å². The van der Waals surface area contributed by atoms with Crippen LogP contribution >= 0.6 is 0 Å². The maximum Gasteiger partial charge on any atom is 0.153 e. The summed E-state index contributed by atoms with van der Waals surface area (Å²) < 4.78 is 0. The van der Waals surface area contributed by atoms with Crippen molar-refractivity contribution in [3.05, 3.63) is 0 Å². The van der Waals surface area contributed by atoms with E-state index in [1.54, 1.807) is 0 Å². The fourth-order valence-electron chi connectivity index (χ4n) is 1.22. The van der Waals surface area contributed by atoms with Gasteiger partial charge in [-0.2, -0.15) is 0 Å². The fourth-order valence-corrected chi connectivity index (χ4v) is 1.22. The van der Waals surface area contributed by atoms with Gasteiger partial charge in [0.25, 0.3) is 0 Å². The van der Waals surface area contributed by atoms with Crippen LogP contribution in [0.25, 0.3) is 0 Å². The summed E-state index contributed by atoms with van der Waals surface area (Å²) in [6.45, 7) is 0.835. The number of aliphatic hydroxyl groups is 1. The van der Waals surface area contributed by atoms with E-state index in [0.717, 1.165) is 19.3 Å². The van der Waals surface area contributed by atoms with Crippen molar-refractivity contribution in [2.45, 2.75) is 24.9 Å². The molecule has 5 heteroatoms. The number of nitrogens with two attached hydrogens (primary N) is 1. The van der Waals surface area contributed by atoms with Crippen LogP contribution in [-0.4, -0.2) is 34.8 Å². The monoisotopic (exact) mass is 173 g/mol. The zero-order valence-corrected chi connectivity index (χ0v) is 6.95. The maximum atomic E-state index is 9.59. The van der Waals surface area contributed by atoms with Crippen molar-refractivity contribution in [3.8, 4) is 0 Å². The molecule has 0 heterocycles. The van der Waals surface area contributed by atoms with Crippen molar-refractivity contribution in [1.82, 2.24) is 5.32 Å². The lowest BCUT2D eigenvalue weighted by atomic mass is 9.80. The van der Waals surface area contributed by atoms with E-state index in [1.807, 2.05) is 0 Å². The van der Waals surface area contributed by atoms with Gasteiger partial charge in [-0.1, -0.05) is 5.16 Å². The summed E-state index contributed by atoms with van der Waals surface area (Å²) in [6.07, 6.45) is 2.77. The number of amidine groups is 1. The van der Waals surface area contributed by atoms with E-state index < -0.39 is 5.60 Å². The predicted octanol–water partition coefficient (Wildman–Crippen LogP) is -0.763. The molecule has 0 bridgehead atoms. The van der Waals surface area contributed by atoms with Crippen LogP contribution in [0.3, 0.4) is 0 Å². The molecule has 1 aliphatic rings. The number of hydrogen-bond donors (Lipinski definition) is 4. The predicted molar refractivity (Wildman–Crippen MR) is 45.1 cm³/mol. The molecular formula is C7H15N3O2. The third kappa shape index (κ3) is 2.35. The molecule has 0 aromatic carbocycles. The van der Waals surface area contributed by atoms with Gasteiger partial charge in [-0.05, 0) is 19.3 Å². The van der Waals surface area contributed by atoms with Gasteiger partial charge in [-0.3, -0.25) is 0 Å². The van der Waals surface area contributed by atoms with Gasteiger partial charge in [-0.25, -0.2) is 0 Å². The van der Waals surface area contributed by atoms with Crippen LogP contribution in [-0.2, 0) is 0 Å². The molecule has 0 unspecified atom stereocenters. The standard InChI is InChI=1S/C7H15N3O2/c8-6(10-12)4-9-5-7(11)2-1-3-7/h9,11-12H,1-5H2,(H2,8,10). The molecule has 0 atom stereocenters. The Kier molecular flexibility index (Phi) is 2.88. The largest absolute Gasteiger partial charge is 0.409 e. The van der Waals surface area contributed by atoms with Crippen LogP contribution in [0.4, 0.5) is 0 Å². The van der Waals surface area contributed by atoms with E-state index in [0.29, 0.717) is 13.1 Å². The summed E-state index contributed by atoms with van der Waals surface area (Å²) in [4.78, 5) is 0. The third-order valence-electron chi connectivity index (χ3n) is 2.17. The molecule has 1 fully saturated rings. The van der Waals surface area contributed by atoms with Gasteiger partial charge < -0.3 is 21.4 Å². The summed E-state index contributed by atoms with van der Waals surface area (Å²) in [5, 5.41) is 23.5. The van der Waals surface area contributed by atoms with Gasteiger partial charge in [-0.15, -0.1) is 0 Å². The van der Waals surface area contributed by atoms with E-state index in [1.165, 1.54) is 0 Å². The number of nitrogens with one attached hydrogen (secondary N) is 1. The normalized spacial score (nSPS) is 21.9. The van der Waals surface area contributed by atoms with Gasteiger partial charge in [0.2, 0.25) is 0 Å². The Morgan fingerprint density at radius 1 is 1.58 bits per heavy atom. The van der Waals surface area contributed by atoms with Crippen LogP contribution < -0.4 is 11.1 Å². The maximum absolute atomic E-state index is 9.59.